The Morgan fingerprint density at radius 2 is 2.05 bits per heavy atom. The number of carbonyl (C=O) groups is 2. The predicted octanol–water partition coefficient (Wildman–Crippen LogP) is 1.41. The highest BCUT2D eigenvalue weighted by Crippen LogP contribution is 2.14. The third-order valence-corrected chi connectivity index (χ3v) is 3.68. The minimum absolute atomic E-state index is 0.0559. The van der Waals surface area contributed by atoms with E-state index in [4.69, 9.17) is 0 Å². The normalized spacial score (nSPS) is 11.2. The molecular weight excluding hydrogens is 276 g/mol. The fourth-order valence-corrected chi connectivity index (χ4v) is 2.54. The number of likely N-dealkylation sites (N-methyl/N-ethyl adjacent to an activating group) is 1. The first-order chi connectivity index (χ1) is 9.23. The second-order valence-corrected chi connectivity index (χ2v) is 6.60. The van der Waals surface area contributed by atoms with Crippen LogP contribution in [0.4, 0.5) is 0 Å². The number of rotatable bonds is 6. The fourth-order valence-electron chi connectivity index (χ4n) is 1.75. The lowest BCUT2D eigenvalue weighted by molar-refractivity contribution is -0.132. The molecule has 1 aromatic heterocycles. The van der Waals surface area contributed by atoms with Gasteiger partial charge in [-0.25, -0.2) is 0 Å². The van der Waals surface area contributed by atoms with Gasteiger partial charge >= 0.3 is 0 Å². The molecule has 1 rings (SSSR count). The molecular formula is C14H22N2O3S. The van der Waals surface area contributed by atoms with Crippen molar-refractivity contribution >= 4 is 23.2 Å². The number of nitrogens with zero attached hydrogens (tertiary/aromatic N) is 1. The van der Waals surface area contributed by atoms with Crippen LogP contribution in [-0.2, 0) is 4.79 Å². The van der Waals surface area contributed by atoms with Crippen LogP contribution in [0.5, 0.6) is 0 Å². The molecule has 0 aliphatic rings. The van der Waals surface area contributed by atoms with Crippen LogP contribution in [0.25, 0.3) is 0 Å². The van der Waals surface area contributed by atoms with Crippen molar-refractivity contribution in [3.63, 3.8) is 0 Å². The zero-order chi connectivity index (χ0) is 15.3. The summed E-state index contributed by atoms with van der Waals surface area (Å²) in [7, 11) is 0. The summed E-state index contributed by atoms with van der Waals surface area (Å²) in [6.45, 7) is 7.75. The SMILES string of the molecule is CCN(CC(C)(C)O)C(=O)CNC(=O)c1ccc(C)s1. The molecule has 112 valence electrons. The highest BCUT2D eigenvalue weighted by molar-refractivity contribution is 7.13. The molecule has 2 N–H and O–H groups in total. The van der Waals surface area contributed by atoms with Gasteiger partial charge in [0.25, 0.3) is 5.91 Å². The number of hydrogen-bond acceptors (Lipinski definition) is 4. The van der Waals surface area contributed by atoms with Gasteiger partial charge in [-0.15, -0.1) is 11.3 Å². The number of carbonyl (C=O) groups excluding carboxylic acids is 2. The van der Waals surface area contributed by atoms with Crippen molar-refractivity contribution in [1.29, 1.82) is 0 Å². The maximum Gasteiger partial charge on any atom is 0.261 e. The first-order valence-electron chi connectivity index (χ1n) is 6.57. The third kappa shape index (κ3) is 5.30. The fraction of sp³-hybridized carbons (Fsp3) is 0.571. The predicted molar refractivity (Wildman–Crippen MR) is 79.9 cm³/mol. The zero-order valence-electron chi connectivity index (χ0n) is 12.4. The largest absolute Gasteiger partial charge is 0.389 e. The van der Waals surface area contributed by atoms with Gasteiger partial charge in [0.2, 0.25) is 5.91 Å². The molecule has 0 saturated carbocycles. The van der Waals surface area contributed by atoms with E-state index in [2.05, 4.69) is 5.32 Å². The molecule has 6 heteroatoms. The van der Waals surface area contributed by atoms with E-state index in [0.29, 0.717) is 11.4 Å². The first kappa shape index (κ1) is 16.7. The van der Waals surface area contributed by atoms with Crippen LogP contribution in [0.1, 0.15) is 35.3 Å². The minimum atomic E-state index is -0.944. The van der Waals surface area contributed by atoms with Gasteiger partial charge in [0, 0.05) is 18.0 Å². The molecule has 5 nitrogen and oxygen atoms in total. The monoisotopic (exact) mass is 298 g/mol. The number of nitrogens with one attached hydrogen (secondary N) is 1. The van der Waals surface area contributed by atoms with Crippen molar-refractivity contribution in [2.45, 2.75) is 33.3 Å². The molecule has 0 spiro atoms. The summed E-state index contributed by atoms with van der Waals surface area (Å²) in [4.78, 5) is 27.0. The Labute approximate surface area is 123 Å². The van der Waals surface area contributed by atoms with Crippen LogP contribution in [0.3, 0.4) is 0 Å². The van der Waals surface area contributed by atoms with Crippen LogP contribution < -0.4 is 5.32 Å². The molecule has 0 aromatic carbocycles. The van der Waals surface area contributed by atoms with Crippen LogP contribution >= 0.6 is 11.3 Å². The molecule has 0 bridgehead atoms. The Hall–Kier alpha value is -1.40. The van der Waals surface area contributed by atoms with E-state index < -0.39 is 5.60 Å². The molecule has 0 aliphatic carbocycles. The maximum absolute atomic E-state index is 12.0. The number of thiophene rings is 1. The highest BCUT2D eigenvalue weighted by atomic mass is 32.1. The van der Waals surface area contributed by atoms with Gasteiger partial charge in [-0.05, 0) is 39.8 Å². The zero-order valence-corrected chi connectivity index (χ0v) is 13.2. The number of hydrogen-bond donors (Lipinski definition) is 2. The van der Waals surface area contributed by atoms with Crippen molar-refractivity contribution in [1.82, 2.24) is 10.2 Å². The van der Waals surface area contributed by atoms with Gasteiger partial charge in [0.05, 0.1) is 17.0 Å². The summed E-state index contributed by atoms with van der Waals surface area (Å²) in [5.41, 5.74) is -0.944. The van der Waals surface area contributed by atoms with Gasteiger partial charge in [-0.1, -0.05) is 0 Å². The van der Waals surface area contributed by atoms with Crippen LogP contribution in [0, 0.1) is 6.92 Å². The second kappa shape index (κ2) is 6.85. The van der Waals surface area contributed by atoms with Gasteiger partial charge in [0.1, 0.15) is 0 Å². The Morgan fingerprint density at radius 3 is 2.50 bits per heavy atom. The smallest absolute Gasteiger partial charge is 0.261 e. The van der Waals surface area contributed by atoms with Gasteiger partial charge < -0.3 is 15.3 Å². The molecule has 1 aromatic rings. The summed E-state index contributed by atoms with van der Waals surface area (Å²) in [5.74, 6) is -0.438. The van der Waals surface area contributed by atoms with Crippen LogP contribution in [0.15, 0.2) is 12.1 Å². The van der Waals surface area contributed by atoms with E-state index in [0.717, 1.165) is 4.88 Å². The van der Waals surface area contributed by atoms with Gasteiger partial charge in [0.15, 0.2) is 0 Å². The average molecular weight is 298 g/mol. The molecule has 2 amide bonds. The van der Waals surface area contributed by atoms with Crippen molar-refractivity contribution in [3.05, 3.63) is 21.9 Å². The molecule has 1 heterocycles. The Morgan fingerprint density at radius 1 is 1.40 bits per heavy atom. The molecule has 0 aliphatic heterocycles. The molecule has 0 saturated heterocycles. The molecule has 0 unspecified atom stereocenters. The van der Waals surface area contributed by atoms with E-state index in [1.165, 1.54) is 16.2 Å². The van der Waals surface area contributed by atoms with E-state index in [1.807, 2.05) is 19.9 Å². The number of aliphatic hydroxyl groups is 1. The maximum atomic E-state index is 12.0. The van der Waals surface area contributed by atoms with E-state index in [9.17, 15) is 14.7 Å². The van der Waals surface area contributed by atoms with Crippen LogP contribution in [-0.4, -0.2) is 47.1 Å². The van der Waals surface area contributed by atoms with Crippen molar-refractivity contribution < 1.29 is 14.7 Å². The molecule has 20 heavy (non-hydrogen) atoms. The quantitative estimate of drug-likeness (QED) is 0.834. The second-order valence-electron chi connectivity index (χ2n) is 5.31. The summed E-state index contributed by atoms with van der Waals surface area (Å²) in [6.07, 6.45) is 0. The van der Waals surface area contributed by atoms with Crippen LogP contribution in [0.2, 0.25) is 0 Å². The van der Waals surface area contributed by atoms with E-state index in [-0.39, 0.29) is 24.9 Å². The Balaban J connectivity index is 2.51. The van der Waals surface area contributed by atoms with Gasteiger partial charge in [-0.3, -0.25) is 9.59 Å². The summed E-state index contributed by atoms with van der Waals surface area (Å²) < 4.78 is 0. The van der Waals surface area contributed by atoms with E-state index in [1.54, 1.807) is 19.9 Å². The number of amides is 2. The highest BCUT2D eigenvalue weighted by Gasteiger charge is 2.21. The van der Waals surface area contributed by atoms with Crippen molar-refractivity contribution in [2.24, 2.45) is 0 Å². The molecule has 0 radical (unpaired) electrons. The van der Waals surface area contributed by atoms with E-state index >= 15 is 0 Å². The summed E-state index contributed by atoms with van der Waals surface area (Å²) in [5, 5.41) is 12.4. The standard InChI is InChI=1S/C14H22N2O3S/c1-5-16(9-14(3,4)19)12(17)8-15-13(18)11-7-6-10(2)20-11/h6-7,19H,5,8-9H2,1-4H3,(H,15,18). The third-order valence-electron chi connectivity index (χ3n) is 2.68. The Kier molecular flexibility index (Phi) is 5.71. The topological polar surface area (TPSA) is 69.6 Å². The average Bonchev–Trinajstić information content (AvgIpc) is 2.78. The Bertz CT molecular complexity index is 477. The summed E-state index contributed by atoms with van der Waals surface area (Å²) >= 11 is 1.39. The lowest BCUT2D eigenvalue weighted by atomic mass is 10.1. The first-order valence-corrected chi connectivity index (χ1v) is 7.39. The number of aryl methyl sites for hydroxylation is 1. The minimum Gasteiger partial charge on any atom is -0.389 e. The lowest BCUT2D eigenvalue weighted by Crippen LogP contribution is -2.46. The lowest BCUT2D eigenvalue weighted by Gasteiger charge is -2.28. The van der Waals surface area contributed by atoms with Gasteiger partial charge in [-0.2, -0.15) is 0 Å². The summed E-state index contributed by atoms with van der Waals surface area (Å²) in [6, 6.07) is 3.61. The molecule has 0 fully saturated rings. The van der Waals surface area contributed by atoms with Crippen molar-refractivity contribution in [3.8, 4) is 0 Å². The molecule has 0 atom stereocenters. The van der Waals surface area contributed by atoms with Crippen molar-refractivity contribution in [2.75, 3.05) is 19.6 Å².